The van der Waals surface area contributed by atoms with Gasteiger partial charge in [-0.05, 0) is 19.0 Å². The topological polar surface area (TPSA) is 80.0 Å². The van der Waals surface area contributed by atoms with Crippen LogP contribution in [0.15, 0.2) is 12.3 Å². The molecule has 18 heavy (non-hydrogen) atoms. The Bertz CT molecular complexity index is 401. The highest BCUT2D eigenvalue weighted by Crippen LogP contribution is 2.21. The maximum absolute atomic E-state index is 11.3. The zero-order valence-electron chi connectivity index (χ0n) is 9.88. The van der Waals surface area contributed by atoms with Gasteiger partial charge in [0.05, 0.1) is 10.0 Å². The van der Waals surface area contributed by atoms with Gasteiger partial charge in [0.1, 0.15) is 5.82 Å². The van der Waals surface area contributed by atoms with Crippen LogP contribution in [0, 0.1) is 0 Å². The second kappa shape index (κ2) is 8.13. The molecule has 0 saturated heterocycles. The van der Waals surface area contributed by atoms with Crippen LogP contribution in [0.25, 0.3) is 0 Å². The van der Waals surface area contributed by atoms with Crippen LogP contribution in [0.2, 0.25) is 10.0 Å². The molecule has 0 aliphatic heterocycles. The number of carbonyl (C=O) groups excluding carboxylic acids is 1. The zero-order valence-corrected chi connectivity index (χ0v) is 11.4. The Morgan fingerprint density at radius 2 is 2.17 bits per heavy atom. The van der Waals surface area contributed by atoms with E-state index in [1.807, 2.05) is 0 Å². The Labute approximate surface area is 116 Å². The fourth-order valence-electron chi connectivity index (χ4n) is 1.28. The number of carbonyl (C=O) groups is 1. The monoisotopic (exact) mass is 290 g/mol. The van der Waals surface area contributed by atoms with Crippen molar-refractivity contribution < 1.29 is 4.79 Å². The lowest BCUT2D eigenvalue weighted by Crippen LogP contribution is -2.29. The van der Waals surface area contributed by atoms with Gasteiger partial charge in [0.15, 0.2) is 0 Å². The van der Waals surface area contributed by atoms with Crippen LogP contribution in [-0.2, 0) is 4.79 Å². The smallest absolute Gasteiger partial charge is 0.220 e. The molecule has 0 unspecified atom stereocenters. The Hall–Kier alpha value is -1.04. The molecule has 0 bridgehead atoms. The van der Waals surface area contributed by atoms with E-state index >= 15 is 0 Å². The summed E-state index contributed by atoms with van der Waals surface area (Å²) < 4.78 is 0. The number of hydrogen-bond donors (Lipinski definition) is 3. The normalized spacial score (nSPS) is 10.2. The second-order valence-electron chi connectivity index (χ2n) is 3.65. The lowest BCUT2D eigenvalue weighted by atomic mass is 10.3. The Kier molecular flexibility index (Phi) is 6.78. The minimum atomic E-state index is -0.00240. The third-order valence-electron chi connectivity index (χ3n) is 2.16. The van der Waals surface area contributed by atoms with Gasteiger partial charge in [-0.25, -0.2) is 4.98 Å². The number of nitrogens with zero attached hydrogens (tertiary/aromatic N) is 1. The maximum atomic E-state index is 11.3. The third-order valence-corrected chi connectivity index (χ3v) is 2.65. The summed E-state index contributed by atoms with van der Waals surface area (Å²) in [4.78, 5) is 15.3. The van der Waals surface area contributed by atoms with Gasteiger partial charge in [-0.15, -0.1) is 0 Å². The van der Waals surface area contributed by atoms with E-state index in [9.17, 15) is 4.79 Å². The lowest BCUT2D eigenvalue weighted by Gasteiger charge is -2.08. The number of rotatable bonds is 7. The van der Waals surface area contributed by atoms with Crippen molar-refractivity contribution in [2.24, 2.45) is 5.73 Å². The van der Waals surface area contributed by atoms with Gasteiger partial charge in [-0.1, -0.05) is 23.2 Å². The summed E-state index contributed by atoms with van der Waals surface area (Å²) in [5.41, 5.74) is 5.31. The fraction of sp³-hybridized carbons (Fsp3) is 0.455. The van der Waals surface area contributed by atoms with Gasteiger partial charge < -0.3 is 16.4 Å². The number of hydrogen-bond acceptors (Lipinski definition) is 4. The highest BCUT2D eigenvalue weighted by molar-refractivity contribution is 6.35. The summed E-state index contributed by atoms with van der Waals surface area (Å²) in [6, 6.07) is 1.61. The fourth-order valence-corrected chi connectivity index (χ4v) is 1.73. The molecule has 4 N–H and O–H groups in total. The van der Waals surface area contributed by atoms with Gasteiger partial charge >= 0.3 is 0 Å². The molecule has 1 heterocycles. The van der Waals surface area contributed by atoms with Crippen molar-refractivity contribution in [2.45, 2.75) is 12.8 Å². The predicted molar refractivity (Wildman–Crippen MR) is 74.0 cm³/mol. The number of nitrogens with one attached hydrogen (secondary N) is 2. The van der Waals surface area contributed by atoms with E-state index in [0.29, 0.717) is 48.3 Å². The Morgan fingerprint density at radius 1 is 1.39 bits per heavy atom. The summed E-state index contributed by atoms with van der Waals surface area (Å²) in [6.45, 7) is 1.57. The van der Waals surface area contributed by atoms with Gasteiger partial charge in [0, 0.05) is 25.7 Å². The van der Waals surface area contributed by atoms with E-state index in [1.54, 1.807) is 6.07 Å². The largest absolute Gasteiger partial charge is 0.367 e. The lowest BCUT2D eigenvalue weighted by molar-refractivity contribution is -0.121. The third kappa shape index (κ3) is 5.53. The average molecular weight is 291 g/mol. The summed E-state index contributed by atoms with van der Waals surface area (Å²) in [6.07, 6.45) is 2.66. The molecule has 0 aromatic carbocycles. The minimum Gasteiger partial charge on any atom is -0.367 e. The molecular formula is C11H16Cl2N4O. The van der Waals surface area contributed by atoms with E-state index in [2.05, 4.69) is 15.6 Å². The summed E-state index contributed by atoms with van der Waals surface area (Å²) in [5.74, 6) is 0.551. The molecule has 1 amide bonds. The second-order valence-corrected chi connectivity index (χ2v) is 4.50. The molecule has 0 aliphatic rings. The van der Waals surface area contributed by atoms with Crippen LogP contribution in [0.3, 0.4) is 0 Å². The number of amides is 1. The highest BCUT2D eigenvalue weighted by Gasteiger charge is 2.03. The van der Waals surface area contributed by atoms with Gasteiger partial charge in [-0.3, -0.25) is 4.79 Å². The highest BCUT2D eigenvalue weighted by atomic mass is 35.5. The van der Waals surface area contributed by atoms with Gasteiger partial charge in [0.25, 0.3) is 0 Å². The van der Waals surface area contributed by atoms with Crippen molar-refractivity contribution in [1.29, 1.82) is 0 Å². The molecule has 7 heteroatoms. The number of aromatic nitrogens is 1. The Morgan fingerprint density at radius 3 is 2.83 bits per heavy atom. The standard InChI is InChI=1S/C11H16Cl2N4O/c12-8-6-9(13)11(17-7-8)16-5-4-15-10(18)2-1-3-14/h6-7H,1-5,14H2,(H,15,18)(H,16,17). The van der Waals surface area contributed by atoms with E-state index in [4.69, 9.17) is 28.9 Å². The molecule has 0 atom stereocenters. The molecule has 0 aliphatic carbocycles. The van der Waals surface area contributed by atoms with Crippen molar-refractivity contribution >= 4 is 34.9 Å². The molecule has 1 aromatic rings. The van der Waals surface area contributed by atoms with Crippen LogP contribution in [0.1, 0.15) is 12.8 Å². The zero-order chi connectivity index (χ0) is 13.4. The summed E-state index contributed by atoms with van der Waals surface area (Å²) >= 11 is 11.7. The van der Waals surface area contributed by atoms with Crippen molar-refractivity contribution in [3.05, 3.63) is 22.3 Å². The molecule has 1 aromatic heterocycles. The first-order valence-electron chi connectivity index (χ1n) is 5.65. The maximum Gasteiger partial charge on any atom is 0.220 e. The van der Waals surface area contributed by atoms with Crippen molar-refractivity contribution in [1.82, 2.24) is 10.3 Å². The minimum absolute atomic E-state index is 0.00240. The number of anilines is 1. The van der Waals surface area contributed by atoms with Crippen LogP contribution in [0.5, 0.6) is 0 Å². The van der Waals surface area contributed by atoms with Gasteiger partial charge in [-0.2, -0.15) is 0 Å². The van der Waals surface area contributed by atoms with Crippen LogP contribution in [0.4, 0.5) is 5.82 Å². The molecule has 0 fully saturated rings. The molecular weight excluding hydrogens is 275 g/mol. The number of nitrogens with two attached hydrogens (primary N) is 1. The predicted octanol–water partition coefficient (Wildman–Crippen LogP) is 1.66. The van der Waals surface area contributed by atoms with E-state index in [-0.39, 0.29) is 5.91 Å². The molecule has 5 nitrogen and oxygen atoms in total. The summed E-state index contributed by atoms with van der Waals surface area (Å²) in [5, 5.41) is 6.72. The quantitative estimate of drug-likeness (QED) is 0.667. The van der Waals surface area contributed by atoms with Gasteiger partial charge in [0.2, 0.25) is 5.91 Å². The number of pyridine rings is 1. The van der Waals surface area contributed by atoms with Crippen LogP contribution < -0.4 is 16.4 Å². The molecule has 0 spiro atoms. The van der Waals surface area contributed by atoms with Crippen molar-refractivity contribution in [3.8, 4) is 0 Å². The first kappa shape index (κ1) is 15.0. The van der Waals surface area contributed by atoms with Crippen LogP contribution in [-0.4, -0.2) is 30.5 Å². The SMILES string of the molecule is NCCCC(=O)NCCNc1ncc(Cl)cc1Cl. The average Bonchev–Trinajstić information content (AvgIpc) is 2.34. The van der Waals surface area contributed by atoms with E-state index in [0.717, 1.165) is 0 Å². The first-order chi connectivity index (χ1) is 8.63. The molecule has 1 rings (SSSR count). The molecule has 0 saturated carbocycles. The first-order valence-corrected chi connectivity index (χ1v) is 6.40. The van der Waals surface area contributed by atoms with Crippen molar-refractivity contribution in [3.63, 3.8) is 0 Å². The Balaban J connectivity index is 2.23. The van der Waals surface area contributed by atoms with E-state index in [1.165, 1.54) is 6.20 Å². The van der Waals surface area contributed by atoms with Crippen molar-refractivity contribution in [2.75, 3.05) is 25.0 Å². The van der Waals surface area contributed by atoms with Crippen LogP contribution >= 0.6 is 23.2 Å². The molecule has 0 radical (unpaired) electrons. The number of halogens is 2. The van der Waals surface area contributed by atoms with E-state index < -0.39 is 0 Å². The summed E-state index contributed by atoms with van der Waals surface area (Å²) in [7, 11) is 0. The molecule has 100 valence electrons.